The molecule has 0 radical (unpaired) electrons. The van der Waals surface area contributed by atoms with Crippen LogP contribution in [0.25, 0.3) is 11.1 Å². The second-order valence-corrected chi connectivity index (χ2v) is 8.29. The number of hydrogen-bond acceptors (Lipinski definition) is 1. The second-order valence-electron chi connectivity index (χ2n) is 8.29. The van der Waals surface area contributed by atoms with Crippen LogP contribution in [0.1, 0.15) is 76.7 Å². The normalized spacial score (nSPS) is 14.9. The zero-order valence-corrected chi connectivity index (χ0v) is 17.4. The summed E-state index contributed by atoms with van der Waals surface area (Å²) in [5.74, 6) is 1.01. The summed E-state index contributed by atoms with van der Waals surface area (Å²) in [7, 11) is 0. The van der Waals surface area contributed by atoms with Crippen LogP contribution >= 0.6 is 0 Å². The number of unbranched alkanes of at least 4 members (excludes halogenated alkanes) is 3. The predicted molar refractivity (Wildman–Crippen MR) is 116 cm³/mol. The molecule has 0 atom stereocenters. The van der Waals surface area contributed by atoms with Gasteiger partial charge in [-0.05, 0) is 54.0 Å². The van der Waals surface area contributed by atoms with E-state index in [1.807, 2.05) is 6.07 Å². The van der Waals surface area contributed by atoms with Gasteiger partial charge in [0.1, 0.15) is 0 Å². The number of ether oxygens (including phenoxy) is 1. The van der Waals surface area contributed by atoms with E-state index in [0.717, 1.165) is 36.3 Å². The molecule has 0 unspecified atom stereocenters. The molecule has 152 valence electrons. The largest absolute Gasteiger partial charge is 0.491 e. The molecule has 1 saturated carbocycles. The van der Waals surface area contributed by atoms with E-state index in [2.05, 4.69) is 31.2 Å². The Labute approximate surface area is 170 Å². The van der Waals surface area contributed by atoms with Gasteiger partial charge in [0, 0.05) is 0 Å². The maximum atomic E-state index is 14.4. The zero-order chi connectivity index (χ0) is 19.6. The van der Waals surface area contributed by atoms with Gasteiger partial charge < -0.3 is 4.74 Å². The summed E-state index contributed by atoms with van der Waals surface area (Å²) in [6, 6.07) is 14.0. The molecule has 2 aromatic rings. The van der Waals surface area contributed by atoms with Gasteiger partial charge in [0.05, 0.1) is 6.61 Å². The highest BCUT2D eigenvalue weighted by Crippen LogP contribution is 2.29. The van der Waals surface area contributed by atoms with Crippen molar-refractivity contribution in [3.05, 3.63) is 53.8 Å². The van der Waals surface area contributed by atoms with E-state index in [-0.39, 0.29) is 5.82 Å². The van der Waals surface area contributed by atoms with Crippen molar-refractivity contribution in [3.8, 4) is 16.9 Å². The first-order valence-corrected chi connectivity index (χ1v) is 11.3. The molecule has 1 aliphatic carbocycles. The van der Waals surface area contributed by atoms with E-state index in [9.17, 15) is 4.39 Å². The van der Waals surface area contributed by atoms with Gasteiger partial charge in [0.15, 0.2) is 11.6 Å². The van der Waals surface area contributed by atoms with Crippen LogP contribution in [0, 0.1) is 11.7 Å². The Morgan fingerprint density at radius 2 is 1.64 bits per heavy atom. The average Bonchev–Trinajstić information content (AvgIpc) is 2.74. The lowest BCUT2D eigenvalue weighted by Gasteiger charge is -2.21. The van der Waals surface area contributed by atoms with Crippen LogP contribution in [0.15, 0.2) is 42.5 Å². The minimum absolute atomic E-state index is 0.269. The first kappa shape index (κ1) is 20.9. The fourth-order valence-corrected chi connectivity index (χ4v) is 4.22. The molecule has 0 saturated heterocycles. The standard InChI is InChI=1S/C26H35FO/c1-2-3-4-8-19-28-26-18-17-24(20-25(26)27)23-15-13-22(14-16-23)12-11-21-9-6-5-7-10-21/h13-18,20-21H,2-12,19H2,1H3. The van der Waals surface area contributed by atoms with E-state index >= 15 is 0 Å². The van der Waals surface area contributed by atoms with Gasteiger partial charge >= 0.3 is 0 Å². The minimum Gasteiger partial charge on any atom is -0.491 e. The Kier molecular flexibility index (Phi) is 8.39. The summed E-state index contributed by atoms with van der Waals surface area (Å²) in [4.78, 5) is 0. The quantitative estimate of drug-likeness (QED) is 0.379. The van der Waals surface area contributed by atoms with E-state index in [4.69, 9.17) is 4.74 Å². The molecule has 28 heavy (non-hydrogen) atoms. The number of aryl methyl sites for hydroxylation is 1. The fraction of sp³-hybridized carbons (Fsp3) is 0.538. The van der Waals surface area contributed by atoms with Gasteiger partial charge in [-0.3, -0.25) is 0 Å². The molecule has 0 bridgehead atoms. The SMILES string of the molecule is CCCCCCOc1ccc(-c2ccc(CCC3CCCCC3)cc2)cc1F. The van der Waals surface area contributed by atoms with Crippen molar-refractivity contribution >= 4 is 0 Å². The van der Waals surface area contributed by atoms with Gasteiger partial charge in [-0.2, -0.15) is 0 Å². The predicted octanol–water partition coefficient (Wildman–Crippen LogP) is 7.96. The third-order valence-electron chi connectivity index (χ3n) is 6.04. The van der Waals surface area contributed by atoms with Crippen molar-refractivity contribution in [2.75, 3.05) is 6.61 Å². The number of rotatable bonds is 10. The molecule has 2 aromatic carbocycles. The highest BCUT2D eigenvalue weighted by Gasteiger charge is 2.13. The molecule has 3 rings (SSSR count). The van der Waals surface area contributed by atoms with Crippen molar-refractivity contribution in [3.63, 3.8) is 0 Å². The van der Waals surface area contributed by atoms with Crippen LogP contribution in [0.5, 0.6) is 5.75 Å². The van der Waals surface area contributed by atoms with E-state index in [1.54, 1.807) is 12.1 Å². The third-order valence-corrected chi connectivity index (χ3v) is 6.04. The number of halogens is 1. The molecule has 1 fully saturated rings. The van der Waals surface area contributed by atoms with Gasteiger partial charge in [0.2, 0.25) is 0 Å². The Morgan fingerprint density at radius 3 is 2.36 bits per heavy atom. The lowest BCUT2D eigenvalue weighted by molar-refractivity contribution is 0.290. The van der Waals surface area contributed by atoms with Gasteiger partial charge in [-0.25, -0.2) is 4.39 Å². The summed E-state index contributed by atoms with van der Waals surface area (Å²) < 4.78 is 20.0. The van der Waals surface area contributed by atoms with Crippen LogP contribution < -0.4 is 4.74 Å². The topological polar surface area (TPSA) is 9.23 Å². The monoisotopic (exact) mass is 382 g/mol. The second kappa shape index (κ2) is 11.2. The lowest BCUT2D eigenvalue weighted by Crippen LogP contribution is -2.07. The molecule has 0 heterocycles. The zero-order valence-electron chi connectivity index (χ0n) is 17.4. The summed E-state index contributed by atoms with van der Waals surface area (Å²) in [6.45, 7) is 2.77. The molecule has 0 amide bonds. The van der Waals surface area contributed by atoms with Crippen LogP contribution in [0.3, 0.4) is 0 Å². The van der Waals surface area contributed by atoms with Crippen molar-refractivity contribution in [2.45, 2.75) is 77.6 Å². The van der Waals surface area contributed by atoms with Crippen LogP contribution in [-0.2, 0) is 6.42 Å². The van der Waals surface area contributed by atoms with E-state index in [0.29, 0.717) is 12.4 Å². The Morgan fingerprint density at radius 1 is 0.893 bits per heavy atom. The molecule has 0 aliphatic heterocycles. The average molecular weight is 383 g/mol. The van der Waals surface area contributed by atoms with Crippen molar-refractivity contribution in [1.29, 1.82) is 0 Å². The Balaban J connectivity index is 1.52. The molecule has 0 aromatic heterocycles. The number of hydrogen-bond donors (Lipinski definition) is 0. The van der Waals surface area contributed by atoms with Crippen molar-refractivity contribution in [2.24, 2.45) is 5.92 Å². The van der Waals surface area contributed by atoms with Gasteiger partial charge in [-0.1, -0.05) is 88.6 Å². The summed E-state index contributed by atoms with van der Waals surface area (Å²) >= 11 is 0. The highest BCUT2D eigenvalue weighted by atomic mass is 19.1. The van der Waals surface area contributed by atoms with Crippen molar-refractivity contribution in [1.82, 2.24) is 0 Å². The van der Waals surface area contributed by atoms with Gasteiger partial charge in [0.25, 0.3) is 0 Å². The minimum atomic E-state index is -0.269. The third kappa shape index (κ3) is 6.36. The number of benzene rings is 2. The van der Waals surface area contributed by atoms with E-state index < -0.39 is 0 Å². The highest BCUT2D eigenvalue weighted by molar-refractivity contribution is 5.64. The summed E-state index contributed by atoms with van der Waals surface area (Å²) in [5, 5.41) is 0. The first-order chi connectivity index (χ1) is 13.8. The lowest BCUT2D eigenvalue weighted by atomic mass is 9.85. The van der Waals surface area contributed by atoms with Crippen LogP contribution in [-0.4, -0.2) is 6.61 Å². The summed E-state index contributed by atoms with van der Waals surface area (Å²) in [5.41, 5.74) is 3.37. The van der Waals surface area contributed by atoms with Crippen LogP contribution in [0.2, 0.25) is 0 Å². The smallest absolute Gasteiger partial charge is 0.165 e. The molecular formula is C26H35FO. The van der Waals surface area contributed by atoms with Gasteiger partial charge in [-0.15, -0.1) is 0 Å². The molecule has 0 spiro atoms. The maximum Gasteiger partial charge on any atom is 0.165 e. The molecule has 2 heteroatoms. The van der Waals surface area contributed by atoms with E-state index in [1.165, 1.54) is 56.9 Å². The Bertz CT molecular complexity index is 701. The van der Waals surface area contributed by atoms with Crippen molar-refractivity contribution < 1.29 is 9.13 Å². The molecule has 1 nitrogen and oxygen atoms in total. The molecule has 0 N–H and O–H groups in total. The Hall–Kier alpha value is -1.83. The molecule has 1 aliphatic rings. The maximum absolute atomic E-state index is 14.4. The van der Waals surface area contributed by atoms with Crippen LogP contribution in [0.4, 0.5) is 4.39 Å². The fourth-order valence-electron chi connectivity index (χ4n) is 4.22. The molecular weight excluding hydrogens is 347 g/mol. The first-order valence-electron chi connectivity index (χ1n) is 11.3. The summed E-state index contributed by atoms with van der Waals surface area (Å²) in [6.07, 6.45) is 14.0.